The second-order valence-electron chi connectivity index (χ2n) is 6.66. The molecule has 0 fully saturated rings. The van der Waals surface area contributed by atoms with E-state index in [1.165, 1.54) is 0 Å². The Kier molecular flexibility index (Phi) is 6.64. The highest BCUT2D eigenvalue weighted by atomic mass is 35.5. The molecule has 0 radical (unpaired) electrons. The van der Waals surface area contributed by atoms with Gasteiger partial charge in [0.05, 0.1) is 16.1 Å². The molecule has 0 spiro atoms. The fourth-order valence-electron chi connectivity index (χ4n) is 2.42. The minimum Gasteiger partial charge on any atom is -0.377 e. The van der Waals surface area contributed by atoms with Crippen LogP contribution in [-0.2, 0) is 0 Å². The van der Waals surface area contributed by atoms with Gasteiger partial charge in [0.2, 0.25) is 0 Å². The molecule has 0 saturated heterocycles. The summed E-state index contributed by atoms with van der Waals surface area (Å²) < 4.78 is 0. The summed E-state index contributed by atoms with van der Waals surface area (Å²) in [4.78, 5) is 26.9. The van der Waals surface area contributed by atoms with Crippen molar-refractivity contribution in [2.75, 3.05) is 30.9 Å². The van der Waals surface area contributed by atoms with Crippen molar-refractivity contribution in [3.05, 3.63) is 58.6 Å². The Hall–Kier alpha value is -2.53. The molecule has 0 aromatic heterocycles. The van der Waals surface area contributed by atoms with Gasteiger partial charge in [0.25, 0.3) is 11.8 Å². The largest absolute Gasteiger partial charge is 0.377 e. The molecule has 138 valence electrons. The first-order chi connectivity index (χ1) is 12.3. The number of nitrogens with one attached hydrogen (secondary N) is 2. The summed E-state index contributed by atoms with van der Waals surface area (Å²) in [7, 11) is 3.74. The summed E-state index contributed by atoms with van der Waals surface area (Å²) in [5.74, 6) is -0.136. The lowest BCUT2D eigenvalue weighted by molar-refractivity contribution is 0.0948. The summed E-state index contributed by atoms with van der Waals surface area (Å²) >= 11 is 6.07. The van der Waals surface area contributed by atoms with Gasteiger partial charge in [-0.2, -0.15) is 0 Å². The van der Waals surface area contributed by atoms with E-state index >= 15 is 0 Å². The van der Waals surface area contributed by atoms with E-state index in [0.717, 1.165) is 5.69 Å². The van der Waals surface area contributed by atoms with E-state index in [2.05, 4.69) is 10.6 Å². The van der Waals surface area contributed by atoms with E-state index in [4.69, 9.17) is 11.6 Å². The number of hydrogen-bond donors (Lipinski definition) is 2. The second kappa shape index (κ2) is 8.72. The SMILES string of the molecule is CC(C)CNC(=O)c1cc(NC(=O)c2ccccc2Cl)ccc1N(C)C. The van der Waals surface area contributed by atoms with Gasteiger partial charge in [-0.05, 0) is 36.2 Å². The van der Waals surface area contributed by atoms with Crippen LogP contribution in [0.25, 0.3) is 0 Å². The maximum atomic E-state index is 12.6. The van der Waals surface area contributed by atoms with Gasteiger partial charge in [-0.3, -0.25) is 9.59 Å². The Morgan fingerprint density at radius 3 is 2.35 bits per heavy atom. The topological polar surface area (TPSA) is 61.4 Å². The molecule has 5 nitrogen and oxygen atoms in total. The van der Waals surface area contributed by atoms with Crippen molar-refractivity contribution < 1.29 is 9.59 Å². The third kappa shape index (κ3) is 4.99. The summed E-state index contributed by atoms with van der Waals surface area (Å²) in [5.41, 5.74) is 2.21. The predicted molar refractivity (Wildman–Crippen MR) is 107 cm³/mol. The van der Waals surface area contributed by atoms with Crippen LogP contribution in [0, 0.1) is 5.92 Å². The van der Waals surface area contributed by atoms with Crippen molar-refractivity contribution in [2.45, 2.75) is 13.8 Å². The van der Waals surface area contributed by atoms with Crippen LogP contribution in [0.15, 0.2) is 42.5 Å². The molecule has 0 heterocycles. The molecular formula is C20H24ClN3O2. The molecule has 0 saturated carbocycles. The van der Waals surface area contributed by atoms with Gasteiger partial charge >= 0.3 is 0 Å². The lowest BCUT2D eigenvalue weighted by Crippen LogP contribution is -2.29. The van der Waals surface area contributed by atoms with Gasteiger partial charge in [0.1, 0.15) is 0 Å². The molecule has 2 N–H and O–H groups in total. The third-order valence-corrected chi connectivity index (χ3v) is 4.10. The molecule has 2 aromatic rings. The molecule has 26 heavy (non-hydrogen) atoms. The number of hydrogen-bond acceptors (Lipinski definition) is 3. The summed E-state index contributed by atoms with van der Waals surface area (Å²) in [6, 6.07) is 12.1. The van der Waals surface area contributed by atoms with Crippen LogP contribution in [0.3, 0.4) is 0 Å². The van der Waals surface area contributed by atoms with E-state index < -0.39 is 0 Å². The maximum absolute atomic E-state index is 12.6. The Balaban J connectivity index is 2.27. The minimum absolute atomic E-state index is 0.170. The standard InChI is InChI=1S/C20H24ClN3O2/c1-13(2)12-22-19(25)16-11-14(9-10-18(16)24(3)4)23-20(26)15-7-5-6-8-17(15)21/h5-11,13H,12H2,1-4H3,(H,22,25)(H,23,26). The number of halogens is 1. The van der Waals surface area contributed by atoms with Gasteiger partial charge in [-0.1, -0.05) is 37.6 Å². The lowest BCUT2D eigenvalue weighted by Gasteiger charge is -2.19. The fraction of sp³-hybridized carbons (Fsp3) is 0.300. The number of benzene rings is 2. The van der Waals surface area contributed by atoms with E-state index in [9.17, 15) is 9.59 Å². The van der Waals surface area contributed by atoms with Crippen LogP contribution >= 0.6 is 11.6 Å². The fourth-order valence-corrected chi connectivity index (χ4v) is 2.64. The number of amides is 2. The number of carbonyl (C=O) groups excluding carboxylic acids is 2. The molecule has 2 rings (SSSR count). The van der Waals surface area contributed by atoms with Gasteiger partial charge < -0.3 is 15.5 Å². The maximum Gasteiger partial charge on any atom is 0.257 e. The number of anilines is 2. The number of rotatable bonds is 6. The smallest absolute Gasteiger partial charge is 0.257 e. The molecule has 0 aliphatic carbocycles. The number of carbonyl (C=O) groups is 2. The van der Waals surface area contributed by atoms with Gasteiger partial charge in [-0.15, -0.1) is 0 Å². The molecule has 0 unspecified atom stereocenters. The van der Waals surface area contributed by atoms with Crippen LogP contribution in [-0.4, -0.2) is 32.5 Å². The highest BCUT2D eigenvalue weighted by Crippen LogP contribution is 2.24. The van der Waals surface area contributed by atoms with E-state index in [1.54, 1.807) is 36.4 Å². The van der Waals surface area contributed by atoms with Gasteiger partial charge in [0, 0.05) is 32.0 Å². The summed E-state index contributed by atoms with van der Waals surface area (Å²) in [5, 5.41) is 6.10. The van der Waals surface area contributed by atoms with Crippen LogP contribution in [0.5, 0.6) is 0 Å². The zero-order valence-corrected chi connectivity index (χ0v) is 16.2. The Morgan fingerprint density at radius 2 is 1.73 bits per heavy atom. The molecule has 2 aromatic carbocycles. The van der Waals surface area contributed by atoms with Crippen LogP contribution in [0.4, 0.5) is 11.4 Å². The number of nitrogens with zero attached hydrogens (tertiary/aromatic N) is 1. The Bertz CT molecular complexity index is 803. The van der Waals surface area contributed by atoms with Crippen molar-refractivity contribution >= 4 is 34.8 Å². The highest BCUT2D eigenvalue weighted by molar-refractivity contribution is 6.34. The first kappa shape index (κ1) is 19.8. The van der Waals surface area contributed by atoms with Crippen LogP contribution in [0.1, 0.15) is 34.6 Å². The van der Waals surface area contributed by atoms with E-state index in [-0.39, 0.29) is 11.8 Å². The first-order valence-corrected chi connectivity index (χ1v) is 8.83. The first-order valence-electron chi connectivity index (χ1n) is 8.45. The predicted octanol–water partition coefficient (Wildman–Crippen LogP) is 4.04. The molecule has 0 aliphatic heterocycles. The monoisotopic (exact) mass is 373 g/mol. The average molecular weight is 374 g/mol. The van der Waals surface area contributed by atoms with Crippen molar-refractivity contribution in [1.82, 2.24) is 5.32 Å². The van der Waals surface area contributed by atoms with Crippen molar-refractivity contribution in [1.29, 1.82) is 0 Å². The van der Waals surface area contributed by atoms with Crippen molar-refractivity contribution in [3.8, 4) is 0 Å². The molecule has 0 atom stereocenters. The summed E-state index contributed by atoms with van der Waals surface area (Å²) in [6.07, 6.45) is 0. The average Bonchev–Trinajstić information content (AvgIpc) is 2.59. The Labute approximate surface area is 159 Å². The third-order valence-electron chi connectivity index (χ3n) is 3.77. The quantitative estimate of drug-likeness (QED) is 0.803. The molecule has 2 amide bonds. The van der Waals surface area contributed by atoms with Crippen LogP contribution < -0.4 is 15.5 Å². The molecule has 0 aliphatic rings. The zero-order valence-electron chi connectivity index (χ0n) is 15.5. The lowest BCUT2D eigenvalue weighted by atomic mass is 10.1. The zero-order chi connectivity index (χ0) is 19.3. The van der Waals surface area contributed by atoms with Crippen molar-refractivity contribution in [3.63, 3.8) is 0 Å². The molecule has 6 heteroatoms. The molecular weight excluding hydrogens is 350 g/mol. The minimum atomic E-state index is -0.318. The van der Waals surface area contributed by atoms with Gasteiger partial charge in [0.15, 0.2) is 0 Å². The van der Waals surface area contributed by atoms with E-state index in [1.807, 2.05) is 38.9 Å². The Morgan fingerprint density at radius 1 is 1.04 bits per heavy atom. The van der Waals surface area contributed by atoms with Crippen molar-refractivity contribution in [2.24, 2.45) is 5.92 Å². The van der Waals surface area contributed by atoms with E-state index in [0.29, 0.717) is 34.3 Å². The van der Waals surface area contributed by atoms with Crippen LogP contribution in [0.2, 0.25) is 5.02 Å². The van der Waals surface area contributed by atoms with Gasteiger partial charge in [-0.25, -0.2) is 0 Å². The summed E-state index contributed by atoms with van der Waals surface area (Å²) in [6.45, 7) is 4.66. The molecule has 0 bridgehead atoms. The highest BCUT2D eigenvalue weighted by Gasteiger charge is 2.16. The normalized spacial score (nSPS) is 10.5. The second-order valence-corrected chi connectivity index (χ2v) is 7.07.